The van der Waals surface area contributed by atoms with Crippen LogP contribution in [0.3, 0.4) is 0 Å². The monoisotopic (exact) mass is 525 g/mol. The van der Waals surface area contributed by atoms with E-state index in [9.17, 15) is 0 Å². The van der Waals surface area contributed by atoms with Crippen molar-refractivity contribution in [3.63, 3.8) is 0 Å². The summed E-state index contributed by atoms with van der Waals surface area (Å²) in [4.78, 5) is 12.9. The number of guanidine groups is 1. The fraction of sp³-hybridized carbons (Fsp3) is 0.286. The van der Waals surface area contributed by atoms with E-state index in [-0.39, 0.29) is 24.0 Å². The molecule has 0 radical (unpaired) electrons. The largest absolute Gasteiger partial charge is 0.444 e. The molecule has 1 aromatic carbocycles. The summed E-state index contributed by atoms with van der Waals surface area (Å²) in [5, 5.41) is 7.09. The van der Waals surface area contributed by atoms with Crippen LogP contribution < -0.4 is 10.6 Å². The fourth-order valence-corrected chi connectivity index (χ4v) is 2.77. The molecule has 2 aromatic heterocycles. The molecule has 0 aliphatic heterocycles. The molecular weight excluding hydrogens is 501 g/mol. The molecule has 154 valence electrons. The van der Waals surface area contributed by atoms with Gasteiger partial charge in [-0.3, -0.25) is 4.99 Å². The van der Waals surface area contributed by atoms with Crippen LogP contribution in [0.1, 0.15) is 16.8 Å². The van der Waals surface area contributed by atoms with Gasteiger partial charge in [0, 0.05) is 38.3 Å². The number of nitrogens with one attached hydrogen (secondary N) is 2. The highest BCUT2D eigenvalue weighted by Gasteiger charge is 2.07. The van der Waals surface area contributed by atoms with Crippen LogP contribution in [0.4, 0.5) is 0 Å². The average Bonchev–Trinajstić information content (AvgIpc) is 3.17. The first-order valence-corrected chi connectivity index (χ1v) is 9.58. The van der Waals surface area contributed by atoms with E-state index in [4.69, 9.17) is 16.0 Å². The topological polar surface area (TPSA) is 75.3 Å². The van der Waals surface area contributed by atoms with Crippen LogP contribution in [0, 0.1) is 6.92 Å². The van der Waals surface area contributed by atoms with Crippen LogP contribution in [0.2, 0.25) is 5.15 Å². The fourth-order valence-electron chi connectivity index (χ4n) is 2.66. The molecule has 0 spiro atoms. The highest BCUT2D eigenvalue weighted by atomic mass is 127. The van der Waals surface area contributed by atoms with Crippen LogP contribution in [0.15, 0.2) is 58.3 Å². The molecule has 29 heavy (non-hydrogen) atoms. The Morgan fingerprint density at radius 3 is 2.45 bits per heavy atom. The van der Waals surface area contributed by atoms with Gasteiger partial charge in [0.25, 0.3) is 0 Å². The van der Waals surface area contributed by atoms with E-state index in [1.165, 1.54) is 5.56 Å². The van der Waals surface area contributed by atoms with Gasteiger partial charge < -0.3 is 15.1 Å². The zero-order valence-corrected chi connectivity index (χ0v) is 19.6. The van der Waals surface area contributed by atoms with Gasteiger partial charge in [0.1, 0.15) is 11.4 Å². The Labute approximate surface area is 193 Å². The predicted octanol–water partition coefficient (Wildman–Crippen LogP) is 4.27. The molecule has 2 heterocycles. The first-order valence-electron chi connectivity index (χ1n) is 9.20. The standard InChI is InChI=1S/C21H24ClN5O.HI/c1-15-3-6-17(7-4-15)20-27-18(14-28-20)10-12-25-21(23-2)24-11-9-16-5-8-19(22)26-13-16;/h3-8,13-14H,9-12H2,1-2H3,(H2,23,24,25);1H. The molecule has 0 saturated heterocycles. The lowest BCUT2D eigenvalue weighted by Gasteiger charge is -2.11. The van der Waals surface area contributed by atoms with Crippen molar-refractivity contribution < 1.29 is 4.42 Å². The van der Waals surface area contributed by atoms with E-state index in [1.807, 2.05) is 18.2 Å². The van der Waals surface area contributed by atoms with Crippen molar-refractivity contribution in [3.8, 4) is 11.5 Å². The van der Waals surface area contributed by atoms with Gasteiger partial charge in [0.15, 0.2) is 5.96 Å². The Kier molecular flexibility index (Phi) is 9.40. The summed E-state index contributed by atoms with van der Waals surface area (Å²) in [5.74, 6) is 1.40. The Morgan fingerprint density at radius 2 is 1.79 bits per heavy atom. The minimum absolute atomic E-state index is 0. The molecule has 3 aromatic rings. The highest BCUT2D eigenvalue weighted by Crippen LogP contribution is 2.19. The van der Waals surface area contributed by atoms with Gasteiger partial charge >= 0.3 is 0 Å². The van der Waals surface area contributed by atoms with Gasteiger partial charge in [-0.1, -0.05) is 35.4 Å². The number of benzene rings is 1. The second-order valence-electron chi connectivity index (χ2n) is 6.42. The van der Waals surface area contributed by atoms with E-state index < -0.39 is 0 Å². The molecule has 8 heteroatoms. The van der Waals surface area contributed by atoms with Crippen LogP contribution in [0.5, 0.6) is 0 Å². The molecule has 6 nitrogen and oxygen atoms in total. The summed E-state index contributed by atoms with van der Waals surface area (Å²) in [6.07, 6.45) is 5.09. The van der Waals surface area contributed by atoms with E-state index in [2.05, 4.69) is 44.7 Å². The molecule has 0 aliphatic rings. The maximum Gasteiger partial charge on any atom is 0.226 e. The summed E-state index contributed by atoms with van der Waals surface area (Å²) in [6.45, 7) is 3.52. The number of aromatic nitrogens is 2. The molecule has 0 aliphatic carbocycles. The maximum atomic E-state index is 5.80. The van der Waals surface area contributed by atoms with Gasteiger partial charge in [0.05, 0.1) is 5.69 Å². The van der Waals surface area contributed by atoms with Crippen molar-refractivity contribution in [2.24, 2.45) is 4.99 Å². The number of nitrogens with zero attached hydrogens (tertiary/aromatic N) is 3. The van der Waals surface area contributed by atoms with E-state index in [1.54, 1.807) is 25.6 Å². The first kappa shape index (κ1) is 23.2. The number of halogens is 2. The molecule has 0 unspecified atom stereocenters. The Morgan fingerprint density at radius 1 is 1.07 bits per heavy atom. The molecule has 0 atom stereocenters. The molecule has 0 fully saturated rings. The van der Waals surface area contributed by atoms with Crippen molar-refractivity contribution in [1.82, 2.24) is 20.6 Å². The summed E-state index contributed by atoms with van der Waals surface area (Å²) in [6, 6.07) is 11.9. The number of oxazole rings is 1. The molecule has 2 N–H and O–H groups in total. The van der Waals surface area contributed by atoms with Crippen molar-refractivity contribution in [2.75, 3.05) is 20.1 Å². The molecule has 0 saturated carbocycles. The lowest BCUT2D eigenvalue weighted by molar-refractivity contribution is 0.572. The van der Waals surface area contributed by atoms with Gasteiger partial charge in [-0.05, 0) is 37.1 Å². The predicted molar refractivity (Wildman–Crippen MR) is 128 cm³/mol. The second-order valence-corrected chi connectivity index (χ2v) is 6.81. The van der Waals surface area contributed by atoms with Gasteiger partial charge in [-0.25, -0.2) is 9.97 Å². The van der Waals surface area contributed by atoms with Crippen LogP contribution in [0.25, 0.3) is 11.5 Å². The normalized spacial score (nSPS) is 11.1. The van der Waals surface area contributed by atoms with Crippen molar-refractivity contribution in [2.45, 2.75) is 19.8 Å². The smallest absolute Gasteiger partial charge is 0.226 e. The number of pyridine rings is 1. The average molecular weight is 526 g/mol. The third-order valence-corrected chi connectivity index (χ3v) is 4.47. The number of aliphatic imine (C=N–C) groups is 1. The quantitative estimate of drug-likeness (QED) is 0.209. The molecule has 3 rings (SSSR count). The summed E-state index contributed by atoms with van der Waals surface area (Å²) in [5.41, 5.74) is 4.23. The van der Waals surface area contributed by atoms with Crippen molar-refractivity contribution >= 4 is 41.5 Å². The van der Waals surface area contributed by atoms with Crippen LogP contribution in [-0.4, -0.2) is 36.1 Å². The minimum Gasteiger partial charge on any atom is -0.444 e. The Balaban J connectivity index is 0.00000300. The summed E-state index contributed by atoms with van der Waals surface area (Å²) < 4.78 is 5.60. The maximum absolute atomic E-state index is 5.80. The number of hydrogen-bond donors (Lipinski definition) is 2. The van der Waals surface area contributed by atoms with E-state index in [0.717, 1.165) is 42.2 Å². The molecular formula is C21H25ClIN5O. The van der Waals surface area contributed by atoms with Gasteiger partial charge in [-0.2, -0.15) is 0 Å². The Hall–Kier alpha value is -2.13. The van der Waals surface area contributed by atoms with Crippen LogP contribution >= 0.6 is 35.6 Å². The summed E-state index contributed by atoms with van der Waals surface area (Å²) >= 11 is 5.80. The van der Waals surface area contributed by atoms with Gasteiger partial charge in [0.2, 0.25) is 5.89 Å². The highest BCUT2D eigenvalue weighted by molar-refractivity contribution is 14.0. The minimum atomic E-state index is 0. The third kappa shape index (κ3) is 7.32. The number of hydrogen-bond acceptors (Lipinski definition) is 4. The van der Waals surface area contributed by atoms with Crippen molar-refractivity contribution in [1.29, 1.82) is 0 Å². The van der Waals surface area contributed by atoms with Crippen LogP contribution in [-0.2, 0) is 12.8 Å². The second kappa shape index (κ2) is 11.8. The summed E-state index contributed by atoms with van der Waals surface area (Å²) in [7, 11) is 1.75. The van der Waals surface area contributed by atoms with E-state index >= 15 is 0 Å². The number of aryl methyl sites for hydroxylation is 1. The number of rotatable bonds is 7. The zero-order chi connectivity index (χ0) is 19.8. The Bertz CT molecular complexity index is 910. The lowest BCUT2D eigenvalue weighted by atomic mass is 10.1. The van der Waals surface area contributed by atoms with E-state index in [0.29, 0.717) is 17.6 Å². The third-order valence-electron chi connectivity index (χ3n) is 4.24. The SMILES string of the molecule is CN=C(NCCc1ccc(Cl)nc1)NCCc1coc(-c2ccc(C)cc2)n1.I. The molecule has 0 bridgehead atoms. The first-order chi connectivity index (χ1) is 13.6. The van der Waals surface area contributed by atoms with Gasteiger partial charge in [-0.15, -0.1) is 24.0 Å². The van der Waals surface area contributed by atoms with Crippen molar-refractivity contribution in [3.05, 3.63) is 70.8 Å². The zero-order valence-electron chi connectivity index (χ0n) is 16.5. The lowest BCUT2D eigenvalue weighted by Crippen LogP contribution is -2.39. The molecule has 0 amide bonds.